The highest BCUT2D eigenvalue weighted by Crippen LogP contribution is 2.33. The van der Waals surface area contributed by atoms with E-state index in [0.29, 0.717) is 29.4 Å². The third kappa shape index (κ3) is 3.80. The van der Waals surface area contributed by atoms with Crippen LogP contribution in [0.1, 0.15) is 35.5 Å². The van der Waals surface area contributed by atoms with Crippen molar-refractivity contribution in [3.8, 4) is 22.8 Å². The zero-order valence-corrected chi connectivity index (χ0v) is 18.0. The van der Waals surface area contributed by atoms with Gasteiger partial charge in [0.1, 0.15) is 35.5 Å². The van der Waals surface area contributed by atoms with Crippen LogP contribution in [0.15, 0.2) is 65.2 Å². The number of esters is 1. The van der Waals surface area contributed by atoms with E-state index in [1.165, 1.54) is 0 Å². The molecular weight excluding hydrogens is 406 g/mol. The summed E-state index contributed by atoms with van der Waals surface area (Å²) in [5.74, 6) is 1.58. The zero-order chi connectivity index (χ0) is 22.1. The second kappa shape index (κ2) is 8.38. The van der Waals surface area contributed by atoms with Crippen LogP contribution in [0.3, 0.4) is 0 Å². The molecule has 0 aliphatic carbocycles. The summed E-state index contributed by atoms with van der Waals surface area (Å²) in [6, 6.07) is 19.1. The number of nitrogens with zero attached hydrogens (tertiary/aromatic N) is 1. The molecule has 1 aliphatic heterocycles. The van der Waals surface area contributed by atoms with E-state index in [-0.39, 0.29) is 12.7 Å². The van der Waals surface area contributed by atoms with Gasteiger partial charge in [-0.1, -0.05) is 35.5 Å². The lowest BCUT2D eigenvalue weighted by atomic mass is 10.0. The van der Waals surface area contributed by atoms with Crippen molar-refractivity contribution in [2.45, 2.75) is 33.0 Å². The van der Waals surface area contributed by atoms with E-state index in [1.54, 1.807) is 12.1 Å². The monoisotopic (exact) mass is 429 g/mol. The predicted molar refractivity (Wildman–Crippen MR) is 120 cm³/mol. The summed E-state index contributed by atoms with van der Waals surface area (Å²) < 4.78 is 22.5. The first kappa shape index (κ1) is 20.1. The van der Waals surface area contributed by atoms with E-state index in [1.807, 2.05) is 56.3 Å². The third-order valence-electron chi connectivity index (χ3n) is 5.49. The van der Waals surface area contributed by atoms with Crippen molar-refractivity contribution in [2.24, 2.45) is 0 Å². The minimum atomic E-state index is -0.460. The second-order valence-corrected chi connectivity index (χ2v) is 7.81. The number of rotatable bonds is 6. The van der Waals surface area contributed by atoms with E-state index >= 15 is 0 Å². The maximum Gasteiger partial charge on any atom is 0.342 e. The Morgan fingerprint density at radius 3 is 2.88 bits per heavy atom. The smallest absolute Gasteiger partial charge is 0.342 e. The Morgan fingerprint density at radius 2 is 2.00 bits per heavy atom. The molecule has 1 atom stereocenters. The highest BCUT2D eigenvalue weighted by molar-refractivity contribution is 6.07. The highest BCUT2D eigenvalue weighted by atomic mass is 16.5. The van der Waals surface area contributed by atoms with Gasteiger partial charge >= 0.3 is 5.97 Å². The second-order valence-electron chi connectivity index (χ2n) is 7.81. The molecular formula is C26H23NO5. The Bertz CT molecular complexity index is 1290. The largest absolute Gasteiger partial charge is 0.493 e. The van der Waals surface area contributed by atoms with Gasteiger partial charge in [0, 0.05) is 18.1 Å². The number of fused-ring (bicyclic) bond motifs is 2. The molecule has 4 aromatic rings. The molecule has 0 N–H and O–H groups in total. The first-order valence-corrected chi connectivity index (χ1v) is 10.7. The SMILES string of the molecule is CCOc1ccc2ccccc2c1C(=O)OCc1cc(-c2ccc3c(c2)CC(C)O3)on1. The van der Waals surface area contributed by atoms with Gasteiger partial charge in [0.15, 0.2) is 5.76 Å². The summed E-state index contributed by atoms with van der Waals surface area (Å²) >= 11 is 0. The summed E-state index contributed by atoms with van der Waals surface area (Å²) in [5.41, 5.74) is 3.02. The van der Waals surface area contributed by atoms with E-state index in [4.69, 9.17) is 18.7 Å². The Kier molecular flexibility index (Phi) is 5.27. The van der Waals surface area contributed by atoms with Crippen LogP contribution in [-0.4, -0.2) is 23.8 Å². The highest BCUT2D eigenvalue weighted by Gasteiger charge is 2.21. The van der Waals surface area contributed by atoms with Crippen LogP contribution >= 0.6 is 0 Å². The molecule has 5 rings (SSSR count). The van der Waals surface area contributed by atoms with Crippen LogP contribution in [0.25, 0.3) is 22.1 Å². The summed E-state index contributed by atoms with van der Waals surface area (Å²) in [4.78, 5) is 13.0. The number of aromatic nitrogens is 1. The third-order valence-corrected chi connectivity index (χ3v) is 5.49. The van der Waals surface area contributed by atoms with Crippen molar-refractivity contribution in [3.05, 3.63) is 77.5 Å². The molecule has 0 radical (unpaired) electrons. The standard InChI is InChI=1S/C26H23NO5/c1-3-29-23-11-8-17-6-4-5-7-21(17)25(23)26(28)30-15-20-14-24(32-27-20)18-9-10-22-19(13-18)12-16(2)31-22/h4-11,13-14,16H,3,12,15H2,1-2H3. The van der Waals surface area contributed by atoms with Crippen molar-refractivity contribution < 1.29 is 23.5 Å². The van der Waals surface area contributed by atoms with Crippen LogP contribution in [0.4, 0.5) is 0 Å². The molecule has 1 unspecified atom stereocenters. The Balaban J connectivity index is 1.34. The lowest BCUT2D eigenvalue weighted by Crippen LogP contribution is -2.09. The molecule has 0 saturated heterocycles. The number of carbonyl (C=O) groups excluding carboxylic acids is 1. The van der Waals surface area contributed by atoms with Gasteiger partial charge in [-0.25, -0.2) is 4.79 Å². The summed E-state index contributed by atoms with van der Waals surface area (Å²) in [6.07, 6.45) is 1.05. The minimum Gasteiger partial charge on any atom is -0.493 e. The first-order valence-electron chi connectivity index (χ1n) is 10.7. The number of ether oxygens (including phenoxy) is 3. The Morgan fingerprint density at radius 1 is 1.12 bits per heavy atom. The van der Waals surface area contributed by atoms with Gasteiger partial charge < -0.3 is 18.7 Å². The van der Waals surface area contributed by atoms with Crippen molar-refractivity contribution in [2.75, 3.05) is 6.61 Å². The number of hydrogen-bond donors (Lipinski definition) is 0. The van der Waals surface area contributed by atoms with Gasteiger partial charge in [-0.2, -0.15) is 0 Å². The number of carbonyl (C=O) groups is 1. The van der Waals surface area contributed by atoms with Crippen LogP contribution < -0.4 is 9.47 Å². The summed E-state index contributed by atoms with van der Waals surface area (Å²) in [6.45, 7) is 4.39. The lowest BCUT2D eigenvalue weighted by Gasteiger charge is -2.12. The van der Waals surface area contributed by atoms with Gasteiger partial charge in [0.05, 0.1) is 6.61 Å². The maximum atomic E-state index is 13.0. The zero-order valence-electron chi connectivity index (χ0n) is 18.0. The Labute approximate surface area is 185 Å². The van der Waals surface area contributed by atoms with Gasteiger partial charge in [-0.3, -0.25) is 0 Å². The quantitative estimate of drug-likeness (QED) is 0.373. The average Bonchev–Trinajstić information content (AvgIpc) is 3.42. The molecule has 162 valence electrons. The molecule has 1 aliphatic rings. The fourth-order valence-electron chi connectivity index (χ4n) is 4.04. The topological polar surface area (TPSA) is 70.8 Å². The van der Waals surface area contributed by atoms with E-state index in [9.17, 15) is 4.79 Å². The maximum absolute atomic E-state index is 13.0. The fourth-order valence-corrected chi connectivity index (χ4v) is 4.04. The average molecular weight is 429 g/mol. The lowest BCUT2D eigenvalue weighted by molar-refractivity contribution is 0.0462. The van der Waals surface area contributed by atoms with Gasteiger partial charge in [0.2, 0.25) is 0 Å². The van der Waals surface area contributed by atoms with E-state index < -0.39 is 5.97 Å². The van der Waals surface area contributed by atoms with Gasteiger partial charge in [-0.05, 0) is 54.4 Å². The number of hydrogen-bond acceptors (Lipinski definition) is 6. The van der Waals surface area contributed by atoms with Crippen molar-refractivity contribution in [1.82, 2.24) is 5.16 Å². The fraction of sp³-hybridized carbons (Fsp3) is 0.231. The minimum absolute atomic E-state index is 0.00219. The molecule has 6 heteroatoms. The summed E-state index contributed by atoms with van der Waals surface area (Å²) in [7, 11) is 0. The molecule has 32 heavy (non-hydrogen) atoms. The van der Waals surface area contributed by atoms with Crippen LogP contribution in [0.2, 0.25) is 0 Å². The molecule has 0 bridgehead atoms. The van der Waals surface area contributed by atoms with Crippen LogP contribution in [-0.2, 0) is 17.8 Å². The van der Waals surface area contributed by atoms with Crippen LogP contribution in [0.5, 0.6) is 11.5 Å². The van der Waals surface area contributed by atoms with Crippen molar-refractivity contribution >= 4 is 16.7 Å². The molecule has 0 spiro atoms. The molecule has 0 saturated carbocycles. The Hall–Kier alpha value is -3.80. The van der Waals surface area contributed by atoms with E-state index in [0.717, 1.165) is 34.1 Å². The van der Waals surface area contributed by atoms with Gasteiger partial charge in [0.25, 0.3) is 0 Å². The number of benzene rings is 3. The van der Waals surface area contributed by atoms with E-state index in [2.05, 4.69) is 11.2 Å². The predicted octanol–water partition coefficient (Wildman–Crippen LogP) is 5.57. The normalized spacial score (nSPS) is 14.8. The molecule has 0 amide bonds. The molecule has 0 fully saturated rings. The van der Waals surface area contributed by atoms with Gasteiger partial charge in [-0.15, -0.1) is 0 Å². The molecule has 3 aromatic carbocycles. The van der Waals surface area contributed by atoms with Crippen molar-refractivity contribution in [1.29, 1.82) is 0 Å². The summed E-state index contributed by atoms with van der Waals surface area (Å²) in [5, 5.41) is 5.81. The van der Waals surface area contributed by atoms with Crippen LogP contribution in [0, 0.1) is 0 Å². The molecule has 1 aromatic heterocycles. The molecule has 2 heterocycles. The van der Waals surface area contributed by atoms with Crippen molar-refractivity contribution in [3.63, 3.8) is 0 Å². The first-order chi connectivity index (χ1) is 15.6. The molecule has 6 nitrogen and oxygen atoms in total.